The lowest BCUT2D eigenvalue weighted by atomic mass is 10.4. The Balaban J connectivity index is 3.44. The van der Waals surface area contributed by atoms with Crippen LogP contribution in [0.5, 0.6) is 0 Å². The first kappa shape index (κ1) is 15.7. The Morgan fingerprint density at radius 3 is 1.73 bits per heavy atom. The van der Waals surface area contributed by atoms with Crippen LogP contribution >= 0.6 is 18.9 Å². The summed E-state index contributed by atoms with van der Waals surface area (Å²) in [4.78, 5) is 0. The summed E-state index contributed by atoms with van der Waals surface area (Å²) >= 11 is 0. The van der Waals surface area contributed by atoms with Gasteiger partial charge in [0.15, 0.2) is 0 Å². The van der Waals surface area contributed by atoms with Gasteiger partial charge < -0.3 is 18.5 Å². The third-order valence-corrected chi connectivity index (χ3v) is 2.45. The van der Waals surface area contributed by atoms with Crippen molar-refractivity contribution in [3.05, 3.63) is 0 Å². The van der Waals surface area contributed by atoms with Gasteiger partial charge in [0.1, 0.15) is 0 Å². The molecule has 0 aliphatic rings. The van der Waals surface area contributed by atoms with Gasteiger partial charge in [0.2, 0.25) is 0 Å². The molecule has 0 bridgehead atoms. The standard InChI is InChI=1S/C9H22O4P2/c1-7(11-5-9(3)13-15)4-10-8(2)6-12-14/h7-9H,4-6,14-15H2,1-3H3. The minimum Gasteiger partial charge on any atom is -0.373 e. The fraction of sp³-hybridized carbons (Fsp3) is 1.00. The molecule has 0 fully saturated rings. The molecule has 0 aliphatic heterocycles. The van der Waals surface area contributed by atoms with Gasteiger partial charge >= 0.3 is 0 Å². The average Bonchev–Trinajstić information content (AvgIpc) is 2.23. The molecule has 5 atom stereocenters. The smallest absolute Gasteiger partial charge is 0.0816 e. The molecule has 0 spiro atoms. The van der Waals surface area contributed by atoms with E-state index in [-0.39, 0.29) is 18.3 Å². The van der Waals surface area contributed by atoms with Gasteiger partial charge in [-0.2, -0.15) is 0 Å². The van der Waals surface area contributed by atoms with Crippen molar-refractivity contribution in [3.63, 3.8) is 0 Å². The van der Waals surface area contributed by atoms with Crippen molar-refractivity contribution in [1.29, 1.82) is 0 Å². The van der Waals surface area contributed by atoms with Crippen LogP contribution in [0.3, 0.4) is 0 Å². The van der Waals surface area contributed by atoms with E-state index in [4.69, 9.17) is 18.5 Å². The zero-order valence-electron chi connectivity index (χ0n) is 9.64. The molecular formula is C9H22O4P2. The van der Waals surface area contributed by atoms with Crippen LogP contribution in [0, 0.1) is 0 Å². The van der Waals surface area contributed by atoms with Crippen molar-refractivity contribution in [2.75, 3.05) is 19.8 Å². The molecule has 0 saturated heterocycles. The Bertz CT molecular complexity index is 148. The average molecular weight is 256 g/mol. The maximum absolute atomic E-state index is 5.51. The summed E-state index contributed by atoms with van der Waals surface area (Å²) in [6.07, 6.45) is 0.244. The topological polar surface area (TPSA) is 36.9 Å². The Labute approximate surface area is 96.9 Å². The molecule has 0 radical (unpaired) electrons. The lowest BCUT2D eigenvalue weighted by molar-refractivity contribution is -0.0541. The minimum atomic E-state index is 0.0690. The Morgan fingerprint density at radius 2 is 1.27 bits per heavy atom. The number of hydrogen-bond donors (Lipinski definition) is 0. The SMILES string of the molecule is CC(COC(C)COC(C)COP)OP. The molecule has 0 aromatic heterocycles. The Kier molecular flexibility index (Phi) is 10.4. The predicted octanol–water partition coefficient (Wildman–Crippen LogP) is 1.80. The van der Waals surface area contributed by atoms with Gasteiger partial charge in [-0.3, -0.25) is 0 Å². The van der Waals surface area contributed by atoms with E-state index in [0.717, 1.165) is 0 Å². The van der Waals surface area contributed by atoms with Crippen molar-refractivity contribution < 1.29 is 18.5 Å². The molecule has 92 valence electrons. The summed E-state index contributed by atoms with van der Waals surface area (Å²) < 4.78 is 20.9. The lowest BCUT2D eigenvalue weighted by Gasteiger charge is -2.18. The predicted molar refractivity (Wildman–Crippen MR) is 66.7 cm³/mol. The van der Waals surface area contributed by atoms with Crippen LogP contribution in [0.4, 0.5) is 0 Å². The Hall–Kier alpha value is 0.700. The van der Waals surface area contributed by atoms with E-state index in [9.17, 15) is 0 Å². The first-order valence-electron chi connectivity index (χ1n) is 5.00. The molecule has 0 amide bonds. The zero-order valence-corrected chi connectivity index (χ0v) is 12.0. The molecule has 5 unspecified atom stereocenters. The van der Waals surface area contributed by atoms with E-state index in [0.29, 0.717) is 19.8 Å². The summed E-state index contributed by atoms with van der Waals surface area (Å²) in [5.74, 6) is 0. The first-order chi connectivity index (χ1) is 7.10. The fourth-order valence-corrected chi connectivity index (χ4v) is 1.22. The zero-order chi connectivity index (χ0) is 11.7. The van der Waals surface area contributed by atoms with Crippen molar-refractivity contribution >= 4 is 18.9 Å². The third-order valence-electron chi connectivity index (χ3n) is 1.79. The van der Waals surface area contributed by atoms with Gasteiger partial charge in [-0.15, -0.1) is 0 Å². The van der Waals surface area contributed by atoms with E-state index >= 15 is 0 Å². The normalized spacial score (nSPS) is 17.4. The molecule has 0 aromatic rings. The highest BCUT2D eigenvalue weighted by molar-refractivity contribution is 7.10. The monoisotopic (exact) mass is 256 g/mol. The second-order valence-electron chi connectivity index (χ2n) is 3.57. The van der Waals surface area contributed by atoms with E-state index in [1.807, 2.05) is 20.8 Å². The van der Waals surface area contributed by atoms with Gasteiger partial charge in [-0.1, -0.05) is 0 Å². The molecule has 0 rings (SSSR count). The molecule has 0 N–H and O–H groups in total. The van der Waals surface area contributed by atoms with E-state index in [1.165, 1.54) is 0 Å². The van der Waals surface area contributed by atoms with E-state index < -0.39 is 0 Å². The molecule has 0 aromatic carbocycles. The summed E-state index contributed by atoms with van der Waals surface area (Å²) in [5, 5.41) is 0. The lowest BCUT2D eigenvalue weighted by Crippen LogP contribution is -2.25. The highest BCUT2D eigenvalue weighted by atomic mass is 31.0. The number of ether oxygens (including phenoxy) is 2. The van der Waals surface area contributed by atoms with Gasteiger partial charge in [0.05, 0.1) is 38.1 Å². The van der Waals surface area contributed by atoms with Crippen molar-refractivity contribution in [2.45, 2.75) is 39.1 Å². The summed E-state index contributed by atoms with van der Waals surface area (Å²) in [7, 11) is 4.43. The molecule has 6 heteroatoms. The van der Waals surface area contributed by atoms with Crippen LogP contribution in [0.1, 0.15) is 20.8 Å². The van der Waals surface area contributed by atoms with Crippen molar-refractivity contribution in [3.8, 4) is 0 Å². The molecule has 0 heterocycles. The highest BCUT2D eigenvalue weighted by Crippen LogP contribution is 2.02. The summed E-state index contributed by atoms with van der Waals surface area (Å²) in [6, 6.07) is 0. The number of hydrogen-bond acceptors (Lipinski definition) is 4. The number of rotatable bonds is 9. The fourth-order valence-electron chi connectivity index (χ4n) is 0.871. The van der Waals surface area contributed by atoms with Crippen LogP contribution in [0.15, 0.2) is 0 Å². The molecule has 4 nitrogen and oxygen atoms in total. The Morgan fingerprint density at radius 1 is 0.800 bits per heavy atom. The summed E-state index contributed by atoms with van der Waals surface area (Å²) in [5.41, 5.74) is 0. The van der Waals surface area contributed by atoms with E-state index in [1.54, 1.807) is 0 Å². The van der Waals surface area contributed by atoms with Crippen LogP contribution in [0.25, 0.3) is 0 Å². The van der Waals surface area contributed by atoms with Gasteiger partial charge in [0.25, 0.3) is 0 Å². The van der Waals surface area contributed by atoms with Gasteiger partial charge in [-0.05, 0) is 20.8 Å². The van der Waals surface area contributed by atoms with E-state index in [2.05, 4.69) is 18.9 Å². The second kappa shape index (κ2) is 9.89. The maximum Gasteiger partial charge on any atom is 0.0816 e. The van der Waals surface area contributed by atoms with Crippen LogP contribution in [-0.2, 0) is 18.5 Å². The molecule has 15 heavy (non-hydrogen) atoms. The maximum atomic E-state index is 5.51. The van der Waals surface area contributed by atoms with Crippen molar-refractivity contribution in [2.24, 2.45) is 0 Å². The minimum absolute atomic E-state index is 0.0690. The first-order valence-corrected chi connectivity index (χ1v) is 5.94. The van der Waals surface area contributed by atoms with Crippen molar-refractivity contribution in [1.82, 2.24) is 0 Å². The third kappa shape index (κ3) is 9.62. The molecular weight excluding hydrogens is 234 g/mol. The largest absolute Gasteiger partial charge is 0.373 e. The van der Waals surface area contributed by atoms with Gasteiger partial charge in [0, 0.05) is 18.9 Å². The van der Waals surface area contributed by atoms with Crippen LogP contribution in [-0.4, -0.2) is 38.1 Å². The quantitative estimate of drug-likeness (QED) is 0.589. The molecule has 0 aliphatic carbocycles. The molecule has 0 saturated carbocycles. The second-order valence-corrected chi connectivity index (χ2v) is 4.17. The highest BCUT2D eigenvalue weighted by Gasteiger charge is 2.08. The van der Waals surface area contributed by atoms with Gasteiger partial charge in [-0.25, -0.2) is 0 Å². The summed E-state index contributed by atoms with van der Waals surface area (Å²) in [6.45, 7) is 7.60. The van der Waals surface area contributed by atoms with Crippen LogP contribution in [0.2, 0.25) is 0 Å². The van der Waals surface area contributed by atoms with Crippen LogP contribution < -0.4 is 0 Å².